The van der Waals surface area contributed by atoms with E-state index in [0.717, 1.165) is 12.8 Å². The molecule has 1 atom stereocenters. The molecule has 0 radical (unpaired) electrons. The Bertz CT molecular complexity index is 242. The molecule has 1 unspecified atom stereocenters. The van der Waals surface area contributed by atoms with E-state index < -0.39 is 0 Å². The van der Waals surface area contributed by atoms with Gasteiger partial charge < -0.3 is 0 Å². The van der Waals surface area contributed by atoms with Crippen LogP contribution in [0.3, 0.4) is 0 Å². The molecule has 0 saturated heterocycles. The Morgan fingerprint density at radius 3 is 2.46 bits per heavy atom. The van der Waals surface area contributed by atoms with Crippen molar-refractivity contribution in [3.8, 4) is 0 Å². The molecule has 13 heavy (non-hydrogen) atoms. The maximum Gasteiger partial charge on any atom is 0.0248 e. The molecule has 1 aromatic carbocycles. The van der Waals surface area contributed by atoms with Crippen LogP contribution < -0.4 is 11.3 Å². The minimum atomic E-state index is 0.389. The van der Waals surface area contributed by atoms with Crippen LogP contribution in [-0.4, -0.2) is 6.04 Å². The smallest absolute Gasteiger partial charge is 0.0248 e. The number of nitrogens with one attached hydrogen (secondary N) is 1. The molecule has 1 rings (SSSR count). The van der Waals surface area contributed by atoms with Crippen LogP contribution in [0.5, 0.6) is 0 Å². The van der Waals surface area contributed by atoms with Crippen molar-refractivity contribution in [2.24, 2.45) is 5.84 Å². The van der Waals surface area contributed by atoms with Crippen LogP contribution in [0.1, 0.15) is 18.9 Å². The molecule has 0 fully saturated rings. The lowest BCUT2D eigenvalue weighted by Gasteiger charge is -2.12. The van der Waals surface area contributed by atoms with Crippen LogP contribution in [-0.2, 0) is 6.42 Å². The highest BCUT2D eigenvalue weighted by Crippen LogP contribution is 2.09. The molecular weight excluding hydrogens is 275 g/mol. The largest absolute Gasteiger partial charge is 0.271 e. The lowest BCUT2D eigenvalue weighted by Crippen LogP contribution is -2.36. The minimum absolute atomic E-state index is 0.389. The van der Waals surface area contributed by atoms with Crippen molar-refractivity contribution in [3.05, 3.63) is 33.4 Å². The zero-order valence-electron chi connectivity index (χ0n) is 7.76. The molecule has 0 aliphatic carbocycles. The first kappa shape index (κ1) is 10.9. The molecule has 0 aromatic heterocycles. The summed E-state index contributed by atoms with van der Waals surface area (Å²) in [7, 11) is 0. The summed E-state index contributed by atoms with van der Waals surface area (Å²) in [6.07, 6.45) is 2.06. The lowest BCUT2D eigenvalue weighted by atomic mass is 10.1. The van der Waals surface area contributed by atoms with E-state index in [1.807, 2.05) is 0 Å². The Balaban J connectivity index is 2.58. The van der Waals surface area contributed by atoms with E-state index in [1.54, 1.807) is 0 Å². The summed E-state index contributed by atoms with van der Waals surface area (Å²) in [5, 5.41) is 0. The van der Waals surface area contributed by atoms with Crippen LogP contribution >= 0.6 is 22.6 Å². The van der Waals surface area contributed by atoms with Gasteiger partial charge in [0.05, 0.1) is 0 Å². The Kier molecular flexibility index (Phi) is 4.69. The first-order chi connectivity index (χ1) is 6.26. The van der Waals surface area contributed by atoms with Crippen molar-refractivity contribution in [1.82, 2.24) is 5.43 Å². The van der Waals surface area contributed by atoms with E-state index in [4.69, 9.17) is 5.84 Å². The summed E-state index contributed by atoms with van der Waals surface area (Å²) >= 11 is 2.31. The molecule has 3 N–H and O–H groups in total. The average molecular weight is 290 g/mol. The Morgan fingerprint density at radius 2 is 2.00 bits per heavy atom. The molecular formula is C10H15IN2. The van der Waals surface area contributed by atoms with Crippen LogP contribution in [0.4, 0.5) is 0 Å². The highest BCUT2D eigenvalue weighted by molar-refractivity contribution is 14.1. The van der Waals surface area contributed by atoms with E-state index in [9.17, 15) is 0 Å². The van der Waals surface area contributed by atoms with Gasteiger partial charge in [-0.3, -0.25) is 11.3 Å². The van der Waals surface area contributed by atoms with Gasteiger partial charge in [0.2, 0.25) is 0 Å². The number of halogens is 1. The fourth-order valence-electron chi connectivity index (χ4n) is 1.23. The second-order valence-corrected chi connectivity index (χ2v) is 4.35. The van der Waals surface area contributed by atoms with Crippen molar-refractivity contribution in [3.63, 3.8) is 0 Å². The topological polar surface area (TPSA) is 38.0 Å². The van der Waals surface area contributed by atoms with Gasteiger partial charge in [-0.05, 0) is 53.1 Å². The number of benzene rings is 1. The first-order valence-corrected chi connectivity index (χ1v) is 5.54. The average Bonchev–Trinajstić information content (AvgIpc) is 2.17. The first-order valence-electron chi connectivity index (χ1n) is 4.46. The third-order valence-electron chi connectivity index (χ3n) is 2.12. The third-order valence-corrected chi connectivity index (χ3v) is 2.84. The number of nitrogens with two attached hydrogens (primary N) is 1. The van der Waals surface area contributed by atoms with Gasteiger partial charge in [-0.25, -0.2) is 0 Å². The van der Waals surface area contributed by atoms with E-state index in [1.165, 1.54) is 9.13 Å². The summed E-state index contributed by atoms with van der Waals surface area (Å²) < 4.78 is 1.27. The summed E-state index contributed by atoms with van der Waals surface area (Å²) in [4.78, 5) is 0. The number of hydrazine groups is 1. The fourth-order valence-corrected chi connectivity index (χ4v) is 1.59. The molecule has 0 spiro atoms. The monoisotopic (exact) mass is 290 g/mol. The molecule has 0 heterocycles. The normalized spacial score (nSPS) is 12.8. The molecule has 0 aliphatic heterocycles. The predicted octanol–water partition coefficient (Wildman–Crippen LogP) is 2.08. The van der Waals surface area contributed by atoms with Gasteiger partial charge in [0.15, 0.2) is 0 Å². The Morgan fingerprint density at radius 1 is 1.38 bits per heavy atom. The SMILES string of the molecule is CCC(Cc1ccc(I)cc1)NN. The van der Waals surface area contributed by atoms with Gasteiger partial charge in [-0.1, -0.05) is 19.1 Å². The quantitative estimate of drug-likeness (QED) is 0.506. The van der Waals surface area contributed by atoms with Crippen molar-refractivity contribution < 1.29 is 0 Å². The van der Waals surface area contributed by atoms with Gasteiger partial charge in [0.25, 0.3) is 0 Å². The number of hydrogen-bond acceptors (Lipinski definition) is 2. The second-order valence-electron chi connectivity index (χ2n) is 3.10. The van der Waals surface area contributed by atoms with Crippen molar-refractivity contribution in [2.75, 3.05) is 0 Å². The molecule has 0 saturated carbocycles. The highest BCUT2D eigenvalue weighted by Gasteiger charge is 2.03. The maximum atomic E-state index is 5.41. The molecule has 2 nitrogen and oxygen atoms in total. The Labute approximate surface area is 93.0 Å². The summed E-state index contributed by atoms with van der Waals surface area (Å²) in [6.45, 7) is 2.14. The van der Waals surface area contributed by atoms with E-state index in [2.05, 4.69) is 59.2 Å². The van der Waals surface area contributed by atoms with E-state index in [0.29, 0.717) is 6.04 Å². The second kappa shape index (κ2) is 5.57. The zero-order valence-corrected chi connectivity index (χ0v) is 9.91. The molecule has 0 aliphatic rings. The van der Waals surface area contributed by atoms with Gasteiger partial charge in [0, 0.05) is 9.61 Å². The highest BCUT2D eigenvalue weighted by atomic mass is 127. The number of hydrogen-bond donors (Lipinski definition) is 2. The molecule has 72 valence electrons. The molecule has 1 aromatic rings. The van der Waals surface area contributed by atoms with Crippen LogP contribution in [0, 0.1) is 3.57 Å². The maximum absolute atomic E-state index is 5.41. The molecule has 3 heteroatoms. The van der Waals surface area contributed by atoms with Crippen LogP contribution in [0.2, 0.25) is 0 Å². The summed E-state index contributed by atoms with van der Waals surface area (Å²) in [5.74, 6) is 5.41. The number of rotatable bonds is 4. The summed E-state index contributed by atoms with van der Waals surface area (Å²) in [6, 6.07) is 8.95. The van der Waals surface area contributed by atoms with Gasteiger partial charge in [0.1, 0.15) is 0 Å². The molecule has 0 bridgehead atoms. The predicted molar refractivity (Wildman–Crippen MR) is 64.3 cm³/mol. The van der Waals surface area contributed by atoms with Crippen molar-refractivity contribution >= 4 is 22.6 Å². The van der Waals surface area contributed by atoms with Gasteiger partial charge >= 0.3 is 0 Å². The summed E-state index contributed by atoms with van der Waals surface area (Å²) in [5.41, 5.74) is 4.15. The lowest BCUT2D eigenvalue weighted by molar-refractivity contribution is 0.511. The van der Waals surface area contributed by atoms with Crippen LogP contribution in [0.15, 0.2) is 24.3 Å². The Hall–Kier alpha value is -0.130. The van der Waals surface area contributed by atoms with E-state index in [-0.39, 0.29) is 0 Å². The zero-order chi connectivity index (χ0) is 9.68. The minimum Gasteiger partial charge on any atom is -0.271 e. The standard InChI is InChI=1S/C10H15IN2/c1-2-10(13-12)7-8-3-5-9(11)6-4-8/h3-6,10,13H,2,7,12H2,1H3. The van der Waals surface area contributed by atoms with Gasteiger partial charge in [-0.2, -0.15) is 0 Å². The third kappa shape index (κ3) is 3.62. The van der Waals surface area contributed by atoms with E-state index >= 15 is 0 Å². The van der Waals surface area contributed by atoms with Crippen molar-refractivity contribution in [2.45, 2.75) is 25.8 Å². The fraction of sp³-hybridized carbons (Fsp3) is 0.400. The molecule has 0 amide bonds. The van der Waals surface area contributed by atoms with Crippen molar-refractivity contribution in [1.29, 1.82) is 0 Å². The van der Waals surface area contributed by atoms with Crippen LogP contribution in [0.25, 0.3) is 0 Å². The van der Waals surface area contributed by atoms with Gasteiger partial charge in [-0.15, -0.1) is 0 Å².